The molecule has 1 atom stereocenters. The topological polar surface area (TPSA) is 69.8 Å². The molecular weight excluding hydrogens is 335 g/mol. The highest BCUT2D eigenvalue weighted by Crippen LogP contribution is 2.24. The zero-order valence-corrected chi connectivity index (χ0v) is 14.2. The van der Waals surface area contributed by atoms with Crippen molar-refractivity contribution in [3.05, 3.63) is 41.0 Å². The number of H-pyrrole nitrogens is 1. The van der Waals surface area contributed by atoms with Gasteiger partial charge in [0.15, 0.2) is 0 Å². The van der Waals surface area contributed by atoms with Crippen molar-refractivity contribution >= 4 is 29.9 Å². The molecule has 3 N–H and O–H groups in total. The summed E-state index contributed by atoms with van der Waals surface area (Å²) < 4.78 is 0. The number of rotatable bonds is 4. The fraction of sp³-hybridized carbons (Fsp3) is 0.375. The third-order valence-corrected chi connectivity index (χ3v) is 4.18. The van der Waals surface area contributed by atoms with Crippen LogP contribution in [0.15, 0.2) is 30.5 Å². The van der Waals surface area contributed by atoms with Gasteiger partial charge in [-0.1, -0.05) is 23.7 Å². The van der Waals surface area contributed by atoms with Gasteiger partial charge in [0.25, 0.3) is 5.91 Å². The molecule has 1 aromatic heterocycles. The lowest BCUT2D eigenvalue weighted by atomic mass is 9.99. The highest BCUT2D eigenvalue weighted by molar-refractivity contribution is 6.30. The summed E-state index contributed by atoms with van der Waals surface area (Å²) in [6.07, 6.45) is 3.88. The number of carbonyl (C=O) groups is 1. The summed E-state index contributed by atoms with van der Waals surface area (Å²) in [5, 5.41) is 13.9. The van der Waals surface area contributed by atoms with Crippen molar-refractivity contribution in [3.63, 3.8) is 0 Å². The first-order chi connectivity index (χ1) is 10.7. The van der Waals surface area contributed by atoms with Gasteiger partial charge in [-0.25, -0.2) is 0 Å². The SMILES string of the molecule is Cl.O=C(NCC1CCCNC1)c1cn[nH]c1-c1cccc(Cl)c1. The Morgan fingerprint density at radius 3 is 3.04 bits per heavy atom. The second kappa shape index (κ2) is 8.34. The molecule has 0 saturated carbocycles. The molecular formula is C16H20Cl2N4O. The molecule has 1 aliphatic heterocycles. The Kier molecular flexibility index (Phi) is 6.45. The van der Waals surface area contributed by atoms with Crippen molar-refractivity contribution in [3.8, 4) is 11.3 Å². The van der Waals surface area contributed by atoms with Gasteiger partial charge >= 0.3 is 0 Å². The van der Waals surface area contributed by atoms with Crippen LogP contribution in [-0.4, -0.2) is 35.7 Å². The second-order valence-corrected chi connectivity index (χ2v) is 6.03. The van der Waals surface area contributed by atoms with Gasteiger partial charge < -0.3 is 10.6 Å². The van der Waals surface area contributed by atoms with Crippen LogP contribution in [0.5, 0.6) is 0 Å². The zero-order chi connectivity index (χ0) is 15.4. The molecule has 1 saturated heterocycles. The third kappa shape index (κ3) is 4.47. The second-order valence-electron chi connectivity index (χ2n) is 5.59. The van der Waals surface area contributed by atoms with E-state index in [-0.39, 0.29) is 18.3 Å². The number of nitrogens with one attached hydrogen (secondary N) is 3. The molecule has 3 rings (SSSR count). The maximum Gasteiger partial charge on any atom is 0.255 e. The first-order valence-corrected chi connectivity index (χ1v) is 7.90. The molecule has 1 aromatic carbocycles. The fourth-order valence-electron chi connectivity index (χ4n) is 2.75. The molecule has 0 spiro atoms. The minimum absolute atomic E-state index is 0. The Morgan fingerprint density at radius 1 is 1.43 bits per heavy atom. The molecule has 5 nitrogen and oxygen atoms in total. The largest absolute Gasteiger partial charge is 0.352 e. The lowest BCUT2D eigenvalue weighted by molar-refractivity contribution is 0.0945. The van der Waals surface area contributed by atoms with E-state index in [2.05, 4.69) is 20.8 Å². The molecule has 124 valence electrons. The molecule has 0 bridgehead atoms. The highest BCUT2D eigenvalue weighted by atomic mass is 35.5. The standard InChI is InChI=1S/C16H19ClN4O.ClH/c17-13-5-1-4-12(7-13)15-14(10-20-21-15)16(22)19-9-11-3-2-6-18-8-11;/h1,4-5,7,10-11,18H,2-3,6,8-9H2,(H,19,22)(H,20,21);1H. The monoisotopic (exact) mass is 354 g/mol. The molecule has 2 aromatic rings. The van der Waals surface area contributed by atoms with Crippen LogP contribution in [-0.2, 0) is 0 Å². The van der Waals surface area contributed by atoms with Gasteiger partial charge in [0, 0.05) is 17.1 Å². The van der Waals surface area contributed by atoms with E-state index in [0.717, 1.165) is 25.1 Å². The van der Waals surface area contributed by atoms with E-state index in [1.165, 1.54) is 6.42 Å². The van der Waals surface area contributed by atoms with Crippen molar-refractivity contribution in [2.45, 2.75) is 12.8 Å². The molecule has 0 aliphatic carbocycles. The number of aromatic nitrogens is 2. The number of piperidine rings is 1. The highest BCUT2D eigenvalue weighted by Gasteiger charge is 2.18. The summed E-state index contributed by atoms with van der Waals surface area (Å²) in [7, 11) is 0. The summed E-state index contributed by atoms with van der Waals surface area (Å²) in [4.78, 5) is 12.4. The van der Waals surface area contributed by atoms with Gasteiger partial charge in [0.1, 0.15) is 0 Å². The lowest BCUT2D eigenvalue weighted by Crippen LogP contribution is -2.38. The molecule has 2 heterocycles. The zero-order valence-electron chi connectivity index (χ0n) is 12.6. The first kappa shape index (κ1) is 17.8. The minimum atomic E-state index is -0.103. The predicted octanol–water partition coefficient (Wildman–Crippen LogP) is 2.88. The van der Waals surface area contributed by atoms with Crippen LogP contribution in [0.1, 0.15) is 23.2 Å². The summed E-state index contributed by atoms with van der Waals surface area (Å²) in [5.41, 5.74) is 2.10. The van der Waals surface area contributed by atoms with Crippen LogP contribution >= 0.6 is 24.0 Å². The van der Waals surface area contributed by atoms with Gasteiger partial charge in [0.05, 0.1) is 17.5 Å². The summed E-state index contributed by atoms with van der Waals surface area (Å²) in [5.74, 6) is 0.397. The Bertz CT molecular complexity index is 653. The number of benzene rings is 1. The number of nitrogens with zero attached hydrogens (tertiary/aromatic N) is 1. The molecule has 1 unspecified atom stereocenters. The predicted molar refractivity (Wildman–Crippen MR) is 94.2 cm³/mol. The Morgan fingerprint density at radius 2 is 2.30 bits per heavy atom. The number of hydrogen-bond acceptors (Lipinski definition) is 3. The number of carbonyl (C=O) groups excluding carboxylic acids is 1. The van der Waals surface area contributed by atoms with E-state index >= 15 is 0 Å². The average Bonchev–Trinajstić information content (AvgIpc) is 3.03. The number of halogens is 2. The molecule has 1 fully saturated rings. The Labute approximate surface area is 146 Å². The van der Waals surface area contributed by atoms with Gasteiger partial charge in [-0.15, -0.1) is 12.4 Å². The Hall–Kier alpha value is -1.56. The van der Waals surface area contributed by atoms with Crippen molar-refractivity contribution in [2.75, 3.05) is 19.6 Å². The summed E-state index contributed by atoms with van der Waals surface area (Å²) in [6.45, 7) is 2.73. The average molecular weight is 355 g/mol. The first-order valence-electron chi connectivity index (χ1n) is 7.52. The van der Waals surface area contributed by atoms with Crippen LogP contribution in [0.2, 0.25) is 5.02 Å². The lowest BCUT2D eigenvalue weighted by Gasteiger charge is -2.22. The molecule has 1 amide bonds. The van der Waals surface area contributed by atoms with Gasteiger partial charge in [-0.05, 0) is 44.0 Å². The maximum atomic E-state index is 12.4. The third-order valence-electron chi connectivity index (χ3n) is 3.95. The smallest absolute Gasteiger partial charge is 0.255 e. The maximum absolute atomic E-state index is 12.4. The van der Waals surface area contributed by atoms with Gasteiger partial charge in [0.2, 0.25) is 0 Å². The van der Waals surface area contributed by atoms with Crippen molar-refractivity contribution in [1.82, 2.24) is 20.8 Å². The quantitative estimate of drug-likeness (QED) is 0.790. The fourth-order valence-corrected chi connectivity index (χ4v) is 2.94. The van der Waals surface area contributed by atoms with Gasteiger partial charge in [-0.3, -0.25) is 9.89 Å². The van der Waals surface area contributed by atoms with Crippen LogP contribution in [0, 0.1) is 5.92 Å². The molecule has 7 heteroatoms. The minimum Gasteiger partial charge on any atom is -0.352 e. The number of amides is 1. The van der Waals surface area contributed by atoms with Crippen molar-refractivity contribution in [2.24, 2.45) is 5.92 Å². The molecule has 23 heavy (non-hydrogen) atoms. The van der Waals surface area contributed by atoms with E-state index in [0.29, 0.717) is 28.7 Å². The normalized spacial score (nSPS) is 17.3. The number of hydrogen-bond donors (Lipinski definition) is 3. The van der Waals surface area contributed by atoms with Crippen molar-refractivity contribution < 1.29 is 4.79 Å². The van der Waals surface area contributed by atoms with E-state index in [9.17, 15) is 4.79 Å². The summed E-state index contributed by atoms with van der Waals surface area (Å²) in [6, 6.07) is 7.38. The van der Waals surface area contributed by atoms with Crippen molar-refractivity contribution in [1.29, 1.82) is 0 Å². The number of aromatic amines is 1. The molecule has 0 radical (unpaired) electrons. The Balaban J connectivity index is 0.00000192. The molecule has 1 aliphatic rings. The van der Waals surface area contributed by atoms with Crippen LogP contribution in [0.3, 0.4) is 0 Å². The van der Waals surface area contributed by atoms with E-state index < -0.39 is 0 Å². The van der Waals surface area contributed by atoms with Crippen LogP contribution in [0.4, 0.5) is 0 Å². The van der Waals surface area contributed by atoms with E-state index in [1.54, 1.807) is 12.3 Å². The van der Waals surface area contributed by atoms with Gasteiger partial charge in [-0.2, -0.15) is 5.10 Å². The summed E-state index contributed by atoms with van der Waals surface area (Å²) >= 11 is 6.01. The van der Waals surface area contributed by atoms with E-state index in [4.69, 9.17) is 11.6 Å². The van der Waals surface area contributed by atoms with E-state index in [1.807, 2.05) is 18.2 Å². The van der Waals surface area contributed by atoms with Crippen LogP contribution < -0.4 is 10.6 Å². The van der Waals surface area contributed by atoms with Crippen LogP contribution in [0.25, 0.3) is 11.3 Å².